The van der Waals surface area contributed by atoms with Gasteiger partial charge in [0, 0.05) is 5.56 Å². The van der Waals surface area contributed by atoms with Gasteiger partial charge in [-0.15, -0.1) is 0 Å². The van der Waals surface area contributed by atoms with Gasteiger partial charge in [-0.25, -0.2) is 8.42 Å². The molecule has 0 saturated heterocycles. The van der Waals surface area contributed by atoms with E-state index in [1.54, 1.807) is 18.2 Å². The molecule has 0 radical (unpaired) electrons. The number of amides is 3. The molecule has 12 heteroatoms. The Morgan fingerprint density at radius 2 is 1.71 bits per heavy atom. The number of hydrogen-bond acceptors (Lipinski definition) is 7. The van der Waals surface area contributed by atoms with Crippen LogP contribution >= 0.6 is 0 Å². The number of hydrogen-bond donors (Lipinski definition) is 4. The quantitative estimate of drug-likeness (QED) is 0.353. The maximum absolute atomic E-state index is 12.8. The standard InChI is InChI=1S/C22H22N4O7S/c1-14(23-22(29)19-11-6-12-33-19)20(27)24-25-21(28)15-7-5-8-16(13-15)34(30,31)26-17-9-3-4-10-18(17)32-2/h3-14,26H,1-2H3,(H,23,29)(H,24,27)(H,25,28)/t14-/m0/s1. The lowest BCUT2D eigenvalue weighted by atomic mass is 10.2. The van der Waals surface area contributed by atoms with Crippen molar-refractivity contribution < 1.29 is 32.0 Å². The Balaban J connectivity index is 1.62. The smallest absolute Gasteiger partial charge is 0.287 e. The molecule has 1 aromatic heterocycles. The number of carbonyl (C=O) groups is 3. The summed E-state index contributed by atoms with van der Waals surface area (Å²) < 4.78 is 38.1. The number of para-hydroxylation sites is 2. The molecule has 0 unspecified atom stereocenters. The molecule has 0 aliphatic carbocycles. The van der Waals surface area contributed by atoms with Gasteiger partial charge in [0.2, 0.25) is 0 Å². The van der Waals surface area contributed by atoms with Crippen LogP contribution in [0.4, 0.5) is 5.69 Å². The zero-order chi connectivity index (χ0) is 24.7. The average Bonchev–Trinajstić information content (AvgIpc) is 3.37. The predicted octanol–water partition coefficient (Wildman–Crippen LogP) is 1.67. The molecule has 0 bridgehead atoms. The van der Waals surface area contributed by atoms with Crippen LogP contribution < -0.4 is 25.6 Å². The van der Waals surface area contributed by atoms with Crippen molar-refractivity contribution in [2.75, 3.05) is 11.8 Å². The van der Waals surface area contributed by atoms with Crippen LogP contribution in [-0.4, -0.2) is 39.3 Å². The summed E-state index contributed by atoms with van der Waals surface area (Å²) in [7, 11) is -2.62. The summed E-state index contributed by atoms with van der Waals surface area (Å²) in [6, 6.07) is 13.7. The first-order chi connectivity index (χ1) is 16.2. The molecule has 0 aliphatic rings. The van der Waals surface area contributed by atoms with Gasteiger partial charge in [-0.1, -0.05) is 18.2 Å². The number of rotatable bonds is 8. The fourth-order valence-corrected chi connectivity index (χ4v) is 3.89. The van der Waals surface area contributed by atoms with E-state index in [0.29, 0.717) is 5.75 Å². The van der Waals surface area contributed by atoms with Crippen molar-refractivity contribution in [3.05, 3.63) is 78.3 Å². The van der Waals surface area contributed by atoms with Crippen molar-refractivity contribution in [3.63, 3.8) is 0 Å². The van der Waals surface area contributed by atoms with E-state index >= 15 is 0 Å². The maximum Gasteiger partial charge on any atom is 0.287 e. The van der Waals surface area contributed by atoms with Crippen LogP contribution in [0.25, 0.3) is 0 Å². The van der Waals surface area contributed by atoms with Gasteiger partial charge in [-0.2, -0.15) is 0 Å². The summed E-state index contributed by atoms with van der Waals surface area (Å²) in [6.45, 7) is 1.42. The monoisotopic (exact) mass is 486 g/mol. The Kier molecular flexibility index (Phi) is 7.53. The summed E-state index contributed by atoms with van der Waals surface area (Å²) in [4.78, 5) is 36.4. The van der Waals surface area contributed by atoms with Gasteiger partial charge >= 0.3 is 0 Å². The van der Waals surface area contributed by atoms with Crippen molar-refractivity contribution in [3.8, 4) is 5.75 Å². The highest BCUT2D eigenvalue weighted by molar-refractivity contribution is 7.92. The van der Waals surface area contributed by atoms with Gasteiger partial charge in [-0.3, -0.25) is 30.0 Å². The lowest BCUT2D eigenvalue weighted by Gasteiger charge is -2.14. The summed E-state index contributed by atoms with van der Waals surface area (Å²) >= 11 is 0. The predicted molar refractivity (Wildman–Crippen MR) is 121 cm³/mol. The minimum atomic E-state index is -4.04. The Labute approximate surface area is 195 Å². The van der Waals surface area contributed by atoms with E-state index in [1.165, 1.54) is 56.7 Å². The van der Waals surface area contributed by atoms with Crippen molar-refractivity contribution in [2.24, 2.45) is 0 Å². The van der Waals surface area contributed by atoms with E-state index in [4.69, 9.17) is 9.15 Å². The first-order valence-electron chi connectivity index (χ1n) is 9.91. The second kappa shape index (κ2) is 10.5. The van der Waals surface area contributed by atoms with Crippen molar-refractivity contribution >= 4 is 33.4 Å². The SMILES string of the molecule is COc1ccccc1NS(=O)(=O)c1cccc(C(=O)NNC(=O)[C@H](C)NC(=O)c2ccco2)c1. The molecule has 1 atom stereocenters. The van der Waals surface area contributed by atoms with E-state index in [2.05, 4.69) is 20.9 Å². The van der Waals surface area contributed by atoms with Gasteiger partial charge in [-0.05, 0) is 49.4 Å². The molecule has 4 N–H and O–H groups in total. The summed E-state index contributed by atoms with van der Waals surface area (Å²) in [6.07, 6.45) is 1.32. The highest BCUT2D eigenvalue weighted by Gasteiger charge is 2.20. The molecule has 3 aromatic rings. The lowest BCUT2D eigenvalue weighted by Crippen LogP contribution is -2.51. The minimum Gasteiger partial charge on any atom is -0.495 e. The molecule has 1 heterocycles. The highest BCUT2D eigenvalue weighted by atomic mass is 32.2. The van der Waals surface area contributed by atoms with Gasteiger partial charge in [0.05, 0.1) is 24.0 Å². The molecule has 2 aromatic carbocycles. The number of hydrazine groups is 1. The zero-order valence-electron chi connectivity index (χ0n) is 18.2. The number of furan rings is 1. The Morgan fingerprint density at radius 1 is 0.941 bits per heavy atom. The van der Waals surface area contributed by atoms with Gasteiger partial charge in [0.15, 0.2) is 5.76 Å². The molecule has 0 saturated carbocycles. The third-order valence-electron chi connectivity index (χ3n) is 4.54. The molecule has 0 fully saturated rings. The van der Waals surface area contributed by atoms with Gasteiger partial charge < -0.3 is 14.5 Å². The van der Waals surface area contributed by atoms with Crippen LogP contribution in [0.5, 0.6) is 5.75 Å². The maximum atomic E-state index is 12.8. The molecular formula is C22H22N4O7S. The van der Waals surface area contributed by atoms with E-state index in [9.17, 15) is 22.8 Å². The topological polar surface area (TPSA) is 156 Å². The molecule has 0 aliphatic heterocycles. The zero-order valence-corrected chi connectivity index (χ0v) is 19.0. The van der Waals surface area contributed by atoms with Crippen LogP contribution in [0.2, 0.25) is 0 Å². The van der Waals surface area contributed by atoms with Crippen molar-refractivity contribution in [1.29, 1.82) is 0 Å². The normalized spacial score (nSPS) is 11.7. The molecule has 11 nitrogen and oxygen atoms in total. The largest absolute Gasteiger partial charge is 0.495 e. The van der Waals surface area contributed by atoms with Gasteiger partial charge in [0.25, 0.3) is 27.7 Å². The van der Waals surface area contributed by atoms with Crippen LogP contribution in [0.15, 0.2) is 76.2 Å². The molecule has 34 heavy (non-hydrogen) atoms. The van der Waals surface area contributed by atoms with Gasteiger partial charge in [0.1, 0.15) is 11.8 Å². The Bertz CT molecular complexity index is 1290. The molecule has 178 valence electrons. The summed E-state index contributed by atoms with van der Waals surface area (Å²) in [5.74, 6) is -1.69. The van der Waals surface area contributed by atoms with Crippen molar-refractivity contribution in [2.45, 2.75) is 17.9 Å². The number of carbonyl (C=O) groups excluding carboxylic acids is 3. The number of methoxy groups -OCH3 is 1. The Morgan fingerprint density at radius 3 is 2.41 bits per heavy atom. The van der Waals surface area contributed by atoms with E-state index < -0.39 is 33.8 Å². The van der Waals surface area contributed by atoms with E-state index in [-0.39, 0.29) is 21.9 Å². The van der Waals surface area contributed by atoms with Crippen LogP contribution in [0.1, 0.15) is 27.8 Å². The molecule has 3 amide bonds. The number of ether oxygens (including phenoxy) is 1. The second-order valence-corrected chi connectivity index (χ2v) is 8.63. The molecular weight excluding hydrogens is 464 g/mol. The molecule has 0 spiro atoms. The number of sulfonamides is 1. The second-order valence-electron chi connectivity index (χ2n) is 6.95. The number of nitrogens with one attached hydrogen (secondary N) is 4. The highest BCUT2D eigenvalue weighted by Crippen LogP contribution is 2.26. The first-order valence-corrected chi connectivity index (χ1v) is 11.4. The average molecular weight is 487 g/mol. The van der Waals surface area contributed by atoms with E-state index in [0.717, 1.165) is 6.07 Å². The van der Waals surface area contributed by atoms with Crippen molar-refractivity contribution in [1.82, 2.24) is 16.2 Å². The first kappa shape index (κ1) is 24.3. The Hall–Kier alpha value is -4.32. The molecule has 3 rings (SSSR count). The van der Waals surface area contributed by atoms with E-state index in [1.807, 2.05) is 0 Å². The van der Waals surface area contributed by atoms with Crippen LogP contribution in [-0.2, 0) is 14.8 Å². The minimum absolute atomic E-state index is 0.0181. The third-order valence-corrected chi connectivity index (χ3v) is 5.91. The summed E-state index contributed by atoms with van der Waals surface area (Å²) in [5.41, 5.74) is 4.58. The fourth-order valence-electron chi connectivity index (χ4n) is 2.78. The van der Waals surface area contributed by atoms with Crippen LogP contribution in [0.3, 0.4) is 0 Å². The lowest BCUT2D eigenvalue weighted by molar-refractivity contribution is -0.123. The summed E-state index contributed by atoms with van der Waals surface area (Å²) in [5, 5.41) is 2.41. The fraction of sp³-hybridized carbons (Fsp3) is 0.136. The van der Waals surface area contributed by atoms with Crippen LogP contribution in [0, 0.1) is 0 Å². The number of benzene rings is 2. The number of anilines is 1. The third kappa shape index (κ3) is 5.92.